The van der Waals surface area contributed by atoms with E-state index < -0.39 is 0 Å². The third kappa shape index (κ3) is 2.70. The largest absolute Gasteiger partial charge is 0.399 e. The molecule has 0 amide bonds. The highest BCUT2D eigenvalue weighted by Gasteiger charge is 2.26. The highest BCUT2D eigenvalue weighted by atomic mass is 15.5. The van der Waals surface area contributed by atoms with Gasteiger partial charge in [-0.1, -0.05) is 26.2 Å². The second-order valence-electron chi connectivity index (χ2n) is 5.89. The Balaban J connectivity index is 1.93. The normalized spacial score (nSPS) is 22.3. The Morgan fingerprint density at radius 2 is 2.14 bits per heavy atom. The van der Waals surface area contributed by atoms with Crippen LogP contribution in [0.3, 0.4) is 0 Å². The molecule has 0 saturated heterocycles. The summed E-state index contributed by atoms with van der Waals surface area (Å²) >= 11 is 0. The Bertz CT molecular complexity index is 620. The molecule has 21 heavy (non-hydrogen) atoms. The van der Waals surface area contributed by atoms with Gasteiger partial charge in [0.15, 0.2) is 5.82 Å². The van der Waals surface area contributed by atoms with E-state index in [9.17, 15) is 0 Å². The fraction of sp³-hybridized carbons (Fsp3) is 0.533. The van der Waals surface area contributed by atoms with Gasteiger partial charge < -0.3 is 11.5 Å². The van der Waals surface area contributed by atoms with Gasteiger partial charge in [-0.3, -0.25) is 0 Å². The van der Waals surface area contributed by atoms with Crippen LogP contribution in [-0.4, -0.2) is 20.2 Å². The molecule has 3 rings (SSSR count). The Kier molecular flexibility index (Phi) is 3.77. The molecule has 2 atom stereocenters. The second kappa shape index (κ2) is 5.71. The molecule has 0 bridgehead atoms. The number of tetrazole rings is 1. The van der Waals surface area contributed by atoms with Crippen molar-refractivity contribution in [2.24, 2.45) is 5.92 Å². The van der Waals surface area contributed by atoms with E-state index in [4.69, 9.17) is 11.5 Å². The molecule has 6 nitrogen and oxygen atoms in total. The fourth-order valence-electron chi connectivity index (χ4n) is 3.26. The number of hydrogen-bond acceptors (Lipinski definition) is 5. The van der Waals surface area contributed by atoms with Gasteiger partial charge in [-0.05, 0) is 47.4 Å². The standard InChI is InChI=1S/C15H22N6/c1-2-10-4-3-5-12(8-10)21-15(18-19-20-21)13-7-6-11(16)9-14(13)17/h6-7,9-10,12H,2-5,8,16-17H2,1H3. The predicted octanol–water partition coefficient (Wildman–Crippen LogP) is 2.65. The predicted molar refractivity (Wildman–Crippen MR) is 83.4 cm³/mol. The minimum Gasteiger partial charge on any atom is -0.399 e. The smallest absolute Gasteiger partial charge is 0.184 e. The van der Waals surface area contributed by atoms with Gasteiger partial charge in [0.05, 0.1) is 6.04 Å². The lowest BCUT2D eigenvalue weighted by Gasteiger charge is -2.28. The van der Waals surface area contributed by atoms with Crippen LogP contribution in [0.2, 0.25) is 0 Å². The van der Waals surface area contributed by atoms with Crippen molar-refractivity contribution >= 4 is 11.4 Å². The minimum absolute atomic E-state index is 0.366. The minimum atomic E-state index is 0.366. The summed E-state index contributed by atoms with van der Waals surface area (Å²) in [5.41, 5.74) is 14.0. The van der Waals surface area contributed by atoms with E-state index in [2.05, 4.69) is 22.4 Å². The molecule has 2 unspecified atom stereocenters. The van der Waals surface area contributed by atoms with Crippen molar-refractivity contribution in [1.82, 2.24) is 20.2 Å². The first-order chi connectivity index (χ1) is 10.2. The van der Waals surface area contributed by atoms with Crippen LogP contribution >= 0.6 is 0 Å². The van der Waals surface area contributed by atoms with Crippen LogP contribution in [-0.2, 0) is 0 Å². The van der Waals surface area contributed by atoms with Gasteiger partial charge in [0, 0.05) is 16.9 Å². The lowest BCUT2D eigenvalue weighted by Crippen LogP contribution is -2.21. The molecule has 0 aliphatic heterocycles. The van der Waals surface area contributed by atoms with Gasteiger partial charge in [-0.25, -0.2) is 4.68 Å². The fourth-order valence-corrected chi connectivity index (χ4v) is 3.26. The molecule has 6 heteroatoms. The summed E-state index contributed by atoms with van der Waals surface area (Å²) in [6.07, 6.45) is 6.04. The molecular weight excluding hydrogens is 264 g/mol. The number of aromatic nitrogens is 4. The van der Waals surface area contributed by atoms with Gasteiger partial charge in [0.25, 0.3) is 0 Å². The number of nitrogen functional groups attached to an aromatic ring is 2. The molecule has 0 spiro atoms. The van der Waals surface area contributed by atoms with Crippen molar-refractivity contribution < 1.29 is 0 Å². The van der Waals surface area contributed by atoms with Crippen molar-refractivity contribution in [3.63, 3.8) is 0 Å². The molecule has 112 valence electrons. The first-order valence-electron chi connectivity index (χ1n) is 7.62. The summed E-state index contributed by atoms with van der Waals surface area (Å²) in [4.78, 5) is 0. The maximum atomic E-state index is 6.08. The number of anilines is 2. The summed E-state index contributed by atoms with van der Waals surface area (Å²) in [5.74, 6) is 1.51. The van der Waals surface area contributed by atoms with Crippen LogP contribution in [0.25, 0.3) is 11.4 Å². The van der Waals surface area contributed by atoms with E-state index in [0.717, 1.165) is 30.1 Å². The molecule has 1 aliphatic rings. The SMILES string of the molecule is CCC1CCCC(n2nnnc2-c2ccc(N)cc2N)C1. The van der Waals surface area contributed by atoms with E-state index in [-0.39, 0.29) is 0 Å². The van der Waals surface area contributed by atoms with E-state index >= 15 is 0 Å². The van der Waals surface area contributed by atoms with E-state index in [1.165, 1.54) is 19.3 Å². The van der Waals surface area contributed by atoms with Crippen LogP contribution in [0.5, 0.6) is 0 Å². The second-order valence-corrected chi connectivity index (χ2v) is 5.89. The Morgan fingerprint density at radius 1 is 1.29 bits per heavy atom. The third-order valence-electron chi connectivity index (χ3n) is 4.49. The zero-order chi connectivity index (χ0) is 14.8. The van der Waals surface area contributed by atoms with Crippen LogP contribution in [0.1, 0.15) is 45.1 Å². The molecule has 1 saturated carbocycles. The molecule has 1 aromatic heterocycles. The first-order valence-corrected chi connectivity index (χ1v) is 7.62. The average molecular weight is 286 g/mol. The van der Waals surface area contributed by atoms with Crippen molar-refractivity contribution in [1.29, 1.82) is 0 Å². The highest BCUT2D eigenvalue weighted by Crippen LogP contribution is 2.36. The Morgan fingerprint density at radius 3 is 2.90 bits per heavy atom. The molecule has 1 heterocycles. The van der Waals surface area contributed by atoms with Crippen molar-refractivity contribution in [2.45, 2.75) is 45.1 Å². The topological polar surface area (TPSA) is 95.6 Å². The molecule has 4 N–H and O–H groups in total. The van der Waals surface area contributed by atoms with Gasteiger partial charge in [0.2, 0.25) is 0 Å². The number of nitrogens with zero attached hydrogens (tertiary/aromatic N) is 4. The van der Waals surface area contributed by atoms with Gasteiger partial charge in [-0.2, -0.15) is 0 Å². The van der Waals surface area contributed by atoms with Crippen LogP contribution in [0, 0.1) is 5.92 Å². The van der Waals surface area contributed by atoms with Crippen molar-refractivity contribution in [3.8, 4) is 11.4 Å². The Hall–Kier alpha value is -2.11. The van der Waals surface area contributed by atoms with Gasteiger partial charge in [-0.15, -0.1) is 5.10 Å². The molecular formula is C15H22N6. The zero-order valence-corrected chi connectivity index (χ0v) is 12.4. The lowest BCUT2D eigenvalue weighted by atomic mass is 9.84. The average Bonchev–Trinajstić information content (AvgIpc) is 2.96. The molecule has 2 aromatic rings. The quantitative estimate of drug-likeness (QED) is 0.846. The van der Waals surface area contributed by atoms with Crippen LogP contribution in [0.15, 0.2) is 18.2 Å². The van der Waals surface area contributed by atoms with E-state index in [1.807, 2.05) is 16.8 Å². The highest BCUT2D eigenvalue weighted by molar-refractivity contribution is 5.74. The number of benzene rings is 1. The molecule has 1 aromatic carbocycles. The van der Waals surface area contributed by atoms with Gasteiger partial charge in [0.1, 0.15) is 0 Å². The first kappa shape index (κ1) is 13.9. The maximum absolute atomic E-state index is 6.08. The molecule has 1 fully saturated rings. The van der Waals surface area contributed by atoms with Crippen LogP contribution in [0.4, 0.5) is 11.4 Å². The van der Waals surface area contributed by atoms with Crippen molar-refractivity contribution in [3.05, 3.63) is 18.2 Å². The number of hydrogen-bond donors (Lipinski definition) is 2. The lowest BCUT2D eigenvalue weighted by molar-refractivity contribution is 0.246. The molecule has 1 aliphatic carbocycles. The number of nitrogens with two attached hydrogens (primary N) is 2. The Labute approximate surface area is 124 Å². The third-order valence-corrected chi connectivity index (χ3v) is 4.49. The van der Waals surface area contributed by atoms with Crippen molar-refractivity contribution in [2.75, 3.05) is 11.5 Å². The zero-order valence-electron chi connectivity index (χ0n) is 12.4. The summed E-state index contributed by atoms with van der Waals surface area (Å²) in [5, 5.41) is 12.3. The summed E-state index contributed by atoms with van der Waals surface area (Å²) in [7, 11) is 0. The summed E-state index contributed by atoms with van der Waals surface area (Å²) < 4.78 is 1.95. The van der Waals surface area contributed by atoms with E-state index in [0.29, 0.717) is 17.4 Å². The van der Waals surface area contributed by atoms with Gasteiger partial charge >= 0.3 is 0 Å². The number of rotatable bonds is 3. The van der Waals surface area contributed by atoms with E-state index in [1.54, 1.807) is 6.07 Å². The maximum Gasteiger partial charge on any atom is 0.184 e. The van der Waals surface area contributed by atoms with Crippen LogP contribution < -0.4 is 11.5 Å². The molecule has 0 radical (unpaired) electrons. The summed E-state index contributed by atoms with van der Waals surface area (Å²) in [6, 6.07) is 5.85. The monoisotopic (exact) mass is 286 g/mol. The summed E-state index contributed by atoms with van der Waals surface area (Å²) in [6.45, 7) is 2.26.